The lowest BCUT2D eigenvalue weighted by molar-refractivity contribution is -0.172. The number of nitrogens with one attached hydrogen (secondary N) is 4. The molecule has 0 unspecified atom stereocenters. The first-order chi connectivity index (χ1) is 25.2. The summed E-state index contributed by atoms with van der Waals surface area (Å²) < 4.78 is 22.0. The van der Waals surface area contributed by atoms with Crippen molar-refractivity contribution in [2.24, 2.45) is 11.7 Å². The fourth-order valence-electron chi connectivity index (χ4n) is 7.72. The summed E-state index contributed by atoms with van der Waals surface area (Å²) in [6.07, 6.45) is 2.65. The van der Waals surface area contributed by atoms with Crippen molar-refractivity contribution in [3.05, 3.63) is 61.7 Å². The van der Waals surface area contributed by atoms with Gasteiger partial charge in [0.1, 0.15) is 18.5 Å². The second kappa shape index (κ2) is 15.0. The number of rotatable bonds is 13. The summed E-state index contributed by atoms with van der Waals surface area (Å²) in [4.78, 5) is 71.1. The minimum absolute atomic E-state index is 0.0155. The maximum atomic E-state index is 15.3. The number of aryl methyl sites for hydroxylation is 1. The van der Waals surface area contributed by atoms with Gasteiger partial charge in [-0.1, -0.05) is 20.8 Å². The summed E-state index contributed by atoms with van der Waals surface area (Å²) in [6, 6.07) is 0.689. The highest BCUT2D eigenvalue weighted by atomic mass is 19.1. The number of amides is 3. The molecule has 0 fully saturated rings. The third-order valence-electron chi connectivity index (χ3n) is 11.0. The van der Waals surface area contributed by atoms with Gasteiger partial charge in [-0.2, -0.15) is 0 Å². The van der Waals surface area contributed by atoms with Crippen LogP contribution in [0.4, 0.5) is 4.39 Å². The van der Waals surface area contributed by atoms with Crippen LogP contribution in [0.2, 0.25) is 0 Å². The van der Waals surface area contributed by atoms with Crippen molar-refractivity contribution < 1.29 is 33.4 Å². The van der Waals surface area contributed by atoms with Gasteiger partial charge in [0.2, 0.25) is 17.7 Å². The Morgan fingerprint density at radius 1 is 1.15 bits per heavy atom. The standard InChI is InChI=1S/C38H48FN7O7/c1-6-38(52)23-13-28-33-21(16-46(28)36(50)22(23)17-53-37(38)51)31-25(11-10-20-19(4)24(39)14-27(44-33)30(20)31)43-29(47)15-42-34(48)26(9-7-8-12-41-5)45-35(49)32(40)18(2)3/h13-14,18,25-26,32,41,52H,6-12,15-17,40H2,1-5H3,(H,42,48)(H,43,47)(H,45,49)/t25-,26-,32-,38-/m0/s1. The number of pyridine rings is 2. The van der Waals surface area contributed by atoms with Crippen LogP contribution in [-0.2, 0) is 49.1 Å². The molecular formula is C38H48FN7O7. The highest BCUT2D eigenvalue weighted by Crippen LogP contribution is 2.45. The largest absolute Gasteiger partial charge is 0.458 e. The van der Waals surface area contributed by atoms with E-state index >= 15 is 4.39 Å². The zero-order valence-corrected chi connectivity index (χ0v) is 30.8. The molecule has 2 aliphatic heterocycles. The van der Waals surface area contributed by atoms with Crippen LogP contribution in [0.25, 0.3) is 22.3 Å². The van der Waals surface area contributed by atoms with Gasteiger partial charge in [0.25, 0.3) is 5.56 Å². The SMILES string of the molecule is CC[C@@]1(O)C(=O)OCc2c1cc1n(c2=O)Cc2c-1nc1cc(F)c(C)c3c1c2[C@@H](NC(=O)CNC(=O)[C@H](CCCCNC)NC(=O)[C@@H](N)C(C)C)CC3. The summed E-state index contributed by atoms with van der Waals surface area (Å²) >= 11 is 0. The van der Waals surface area contributed by atoms with E-state index in [1.165, 1.54) is 10.6 Å². The number of aliphatic hydroxyl groups is 1. The molecule has 2 aromatic heterocycles. The minimum Gasteiger partial charge on any atom is -0.458 e. The van der Waals surface area contributed by atoms with Crippen LogP contribution in [0.15, 0.2) is 16.9 Å². The van der Waals surface area contributed by atoms with Crippen LogP contribution in [0.5, 0.6) is 0 Å². The number of unbranched alkanes of at least 4 members (excludes halogenated alkanes) is 1. The number of hydrogen-bond acceptors (Lipinski definition) is 10. The highest BCUT2D eigenvalue weighted by Gasteiger charge is 2.46. The van der Waals surface area contributed by atoms with E-state index in [2.05, 4.69) is 21.3 Å². The van der Waals surface area contributed by atoms with Gasteiger partial charge in [-0.3, -0.25) is 19.2 Å². The van der Waals surface area contributed by atoms with Crippen molar-refractivity contribution in [1.29, 1.82) is 0 Å². The lowest BCUT2D eigenvalue weighted by Crippen LogP contribution is -2.54. The van der Waals surface area contributed by atoms with E-state index in [1.807, 2.05) is 20.9 Å². The summed E-state index contributed by atoms with van der Waals surface area (Å²) in [5, 5.41) is 23.5. The van der Waals surface area contributed by atoms with Crippen LogP contribution in [0.1, 0.15) is 92.3 Å². The minimum atomic E-state index is -2.01. The molecule has 6 rings (SSSR count). The quantitative estimate of drug-likeness (QED) is 0.0865. The Labute approximate surface area is 306 Å². The predicted octanol–water partition coefficient (Wildman–Crippen LogP) is 1.60. The molecule has 284 valence electrons. The van der Waals surface area contributed by atoms with Gasteiger partial charge in [-0.25, -0.2) is 14.2 Å². The van der Waals surface area contributed by atoms with Crippen molar-refractivity contribution in [1.82, 2.24) is 30.8 Å². The van der Waals surface area contributed by atoms with Crippen molar-refractivity contribution in [2.45, 2.75) is 103 Å². The van der Waals surface area contributed by atoms with E-state index in [0.29, 0.717) is 64.7 Å². The molecule has 3 aromatic rings. The third kappa shape index (κ3) is 6.81. The molecule has 0 bridgehead atoms. The van der Waals surface area contributed by atoms with E-state index in [4.69, 9.17) is 15.5 Å². The third-order valence-corrected chi connectivity index (χ3v) is 11.0. The van der Waals surface area contributed by atoms with E-state index < -0.39 is 58.8 Å². The molecule has 0 spiro atoms. The van der Waals surface area contributed by atoms with Crippen molar-refractivity contribution in [3.63, 3.8) is 0 Å². The molecule has 0 saturated heterocycles. The molecule has 14 nitrogen and oxygen atoms in total. The molecule has 53 heavy (non-hydrogen) atoms. The van der Waals surface area contributed by atoms with E-state index in [9.17, 15) is 29.1 Å². The van der Waals surface area contributed by atoms with Gasteiger partial charge in [0.15, 0.2) is 5.60 Å². The number of fused-ring (bicyclic) bond motifs is 5. The molecule has 4 heterocycles. The number of nitrogens with two attached hydrogens (primary N) is 1. The first-order valence-corrected chi connectivity index (χ1v) is 18.3. The Kier molecular flexibility index (Phi) is 10.7. The number of carbonyl (C=O) groups is 4. The van der Waals surface area contributed by atoms with Gasteiger partial charge in [-0.05, 0) is 87.7 Å². The molecule has 4 atom stereocenters. The average Bonchev–Trinajstić information content (AvgIpc) is 3.51. The molecule has 0 saturated carbocycles. The number of halogens is 1. The summed E-state index contributed by atoms with van der Waals surface area (Å²) in [5.41, 5.74) is 7.64. The van der Waals surface area contributed by atoms with Crippen molar-refractivity contribution in [3.8, 4) is 11.4 Å². The Morgan fingerprint density at radius 2 is 1.91 bits per heavy atom. The molecular weight excluding hydrogens is 685 g/mol. The Balaban J connectivity index is 1.30. The number of esters is 1. The van der Waals surface area contributed by atoms with Gasteiger partial charge >= 0.3 is 5.97 Å². The monoisotopic (exact) mass is 733 g/mol. The highest BCUT2D eigenvalue weighted by molar-refractivity contribution is 5.95. The molecule has 3 amide bonds. The van der Waals surface area contributed by atoms with E-state index in [0.717, 1.165) is 18.5 Å². The Hall–Kier alpha value is -4.73. The van der Waals surface area contributed by atoms with Gasteiger partial charge in [-0.15, -0.1) is 0 Å². The second-order valence-corrected chi connectivity index (χ2v) is 14.6. The van der Waals surface area contributed by atoms with Crippen LogP contribution in [-0.4, -0.2) is 70.6 Å². The molecule has 1 aromatic carbocycles. The Bertz CT molecular complexity index is 2060. The van der Waals surface area contributed by atoms with Crippen LogP contribution < -0.4 is 32.6 Å². The van der Waals surface area contributed by atoms with Gasteiger partial charge in [0, 0.05) is 22.6 Å². The van der Waals surface area contributed by atoms with E-state index in [1.54, 1.807) is 19.9 Å². The first-order valence-electron chi connectivity index (χ1n) is 18.3. The fourth-order valence-corrected chi connectivity index (χ4v) is 7.72. The first kappa shape index (κ1) is 38.0. The number of hydrogen-bond donors (Lipinski definition) is 6. The Morgan fingerprint density at radius 3 is 2.60 bits per heavy atom. The van der Waals surface area contributed by atoms with Gasteiger partial charge in [0.05, 0.1) is 47.6 Å². The van der Waals surface area contributed by atoms with Crippen LogP contribution in [0.3, 0.4) is 0 Å². The molecule has 1 aliphatic carbocycles. The smallest absolute Gasteiger partial charge is 0.343 e. The van der Waals surface area contributed by atoms with Crippen molar-refractivity contribution in [2.75, 3.05) is 20.1 Å². The summed E-state index contributed by atoms with van der Waals surface area (Å²) in [5.74, 6) is -2.83. The topological polar surface area (TPSA) is 207 Å². The average molecular weight is 734 g/mol. The molecule has 7 N–H and O–H groups in total. The number of nitrogens with zero attached hydrogens (tertiary/aromatic N) is 2. The molecule has 3 aliphatic rings. The van der Waals surface area contributed by atoms with Gasteiger partial charge < -0.3 is 41.4 Å². The molecule has 0 radical (unpaired) electrons. The van der Waals surface area contributed by atoms with Crippen molar-refractivity contribution >= 4 is 34.6 Å². The lowest BCUT2D eigenvalue weighted by Gasteiger charge is -2.31. The van der Waals surface area contributed by atoms with Crippen LogP contribution >= 0.6 is 0 Å². The second-order valence-electron chi connectivity index (χ2n) is 14.6. The predicted molar refractivity (Wildman–Crippen MR) is 194 cm³/mol. The lowest BCUT2D eigenvalue weighted by atomic mass is 9.81. The maximum Gasteiger partial charge on any atom is 0.343 e. The number of carbonyl (C=O) groups excluding carboxylic acids is 4. The maximum absolute atomic E-state index is 15.3. The zero-order chi connectivity index (χ0) is 38.4. The number of benzene rings is 1. The molecule has 15 heteroatoms. The van der Waals surface area contributed by atoms with Crippen LogP contribution in [0, 0.1) is 18.7 Å². The summed E-state index contributed by atoms with van der Waals surface area (Å²) in [7, 11) is 1.83. The zero-order valence-electron chi connectivity index (χ0n) is 30.8. The number of ether oxygens (including phenoxy) is 1. The summed E-state index contributed by atoms with van der Waals surface area (Å²) in [6.45, 7) is 7.16. The number of aromatic nitrogens is 2. The van der Waals surface area contributed by atoms with E-state index in [-0.39, 0.29) is 43.2 Å². The fraction of sp³-hybridized carbons (Fsp3) is 0.526. The normalized spacial score (nSPS) is 19.6. The number of cyclic esters (lactones) is 1.